The predicted molar refractivity (Wildman–Crippen MR) is 129 cm³/mol. The van der Waals surface area contributed by atoms with Gasteiger partial charge in [0.25, 0.3) is 0 Å². The highest BCUT2D eigenvalue weighted by molar-refractivity contribution is 7.99. The number of hydrogen-bond acceptors (Lipinski definition) is 6. The molecule has 1 aliphatic heterocycles. The third kappa shape index (κ3) is 4.76. The summed E-state index contributed by atoms with van der Waals surface area (Å²) < 4.78 is 10.9. The van der Waals surface area contributed by atoms with E-state index in [0.717, 1.165) is 22.3 Å². The van der Waals surface area contributed by atoms with Gasteiger partial charge in [-0.1, -0.05) is 48.5 Å². The van der Waals surface area contributed by atoms with Gasteiger partial charge in [-0.2, -0.15) is 11.8 Å². The number of alkyl carbamates (subject to hydrolysis) is 1. The molecule has 0 spiro atoms. The van der Waals surface area contributed by atoms with Crippen LogP contribution in [0.5, 0.6) is 0 Å². The Kier molecular flexibility index (Phi) is 7.43. The fraction of sp³-hybridized carbons (Fsp3) is 0.400. The number of fused-ring (bicyclic) bond motifs is 3. The standard InChI is InChI=1S/C25H28N2O6S/c1-15(32-2)22(23(28)27-11-12-34-14-21(27)24(29)30)26-25(31)33-13-20-18-9-5-3-7-16(18)17-8-4-6-10-19(17)20/h3-10,15,20-22H,11-14H2,1-2H3,(H,26,31)(H,29,30)/t15-,21?,22+/m1/s1. The Balaban J connectivity index is 1.46. The van der Waals surface area contributed by atoms with Crippen molar-refractivity contribution in [2.45, 2.75) is 31.0 Å². The van der Waals surface area contributed by atoms with Crippen molar-refractivity contribution in [3.63, 3.8) is 0 Å². The first kappa shape index (κ1) is 24.1. The number of hydrogen-bond donors (Lipinski definition) is 2. The Bertz CT molecular complexity index is 1030. The summed E-state index contributed by atoms with van der Waals surface area (Å²) in [6.45, 7) is 2.06. The highest BCUT2D eigenvalue weighted by atomic mass is 32.2. The lowest BCUT2D eigenvalue weighted by atomic mass is 9.98. The zero-order valence-electron chi connectivity index (χ0n) is 19.1. The molecule has 8 nitrogen and oxygen atoms in total. The van der Waals surface area contributed by atoms with Crippen molar-refractivity contribution in [3.05, 3.63) is 59.7 Å². The molecule has 2 aromatic carbocycles. The van der Waals surface area contributed by atoms with Crippen molar-refractivity contribution in [2.75, 3.05) is 31.8 Å². The molecule has 1 heterocycles. The average Bonchev–Trinajstić information content (AvgIpc) is 3.18. The molecule has 3 atom stereocenters. The fourth-order valence-corrected chi connectivity index (χ4v) is 5.57. The van der Waals surface area contributed by atoms with Crippen LogP contribution in [0.1, 0.15) is 24.0 Å². The van der Waals surface area contributed by atoms with E-state index in [1.165, 1.54) is 23.8 Å². The SMILES string of the molecule is CO[C@H](C)[C@H](NC(=O)OCC1c2ccccc2-c2ccccc21)C(=O)N1CCSCC1C(=O)O. The molecule has 180 valence electrons. The molecule has 4 rings (SSSR count). The molecule has 9 heteroatoms. The summed E-state index contributed by atoms with van der Waals surface area (Å²) in [5.74, 6) is -0.724. The molecule has 34 heavy (non-hydrogen) atoms. The number of nitrogens with zero attached hydrogens (tertiary/aromatic N) is 1. The van der Waals surface area contributed by atoms with Crippen LogP contribution in [0.2, 0.25) is 0 Å². The van der Waals surface area contributed by atoms with E-state index in [1.807, 2.05) is 36.4 Å². The second-order valence-electron chi connectivity index (χ2n) is 8.35. The molecule has 2 amide bonds. The number of nitrogens with one attached hydrogen (secondary N) is 1. The Morgan fingerprint density at radius 3 is 2.32 bits per heavy atom. The van der Waals surface area contributed by atoms with E-state index in [9.17, 15) is 19.5 Å². The van der Waals surface area contributed by atoms with Gasteiger partial charge in [0.05, 0.1) is 6.10 Å². The number of benzene rings is 2. The molecule has 0 saturated carbocycles. The summed E-state index contributed by atoms with van der Waals surface area (Å²) in [4.78, 5) is 39.0. The Morgan fingerprint density at radius 2 is 1.74 bits per heavy atom. The van der Waals surface area contributed by atoms with E-state index in [-0.39, 0.29) is 12.5 Å². The van der Waals surface area contributed by atoms with Gasteiger partial charge in [-0.15, -0.1) is 0 Å². The van der Waals surface area contributed by atoms with Crippen molar-refractivity contribution in [2.24, 2.45) is 0 Å². The normalized spacial score (nSPS) is 19.0. The van der Waals surface area contributed by atoms with Gasteiger partial charge in [0.15, 0.2) is 0 Å². The maximum absolute atomic E-state index is 13.2. The van der Waals surface area contributed by atoms with Gasteiger partial charge in [0, 0.05) is 31.1 Å². The highest BCUT2D eigenvalue weighted by Gasteiger charge is 2.39. The predicted octanol–water partition coefficient (Wildman–Crippen LogP) is 2.96. The van der Waals surface area contributed by atoms with Gasteiger partial charge < -0.3 is 24.8 Å². The number of carboxylic acid groups (broad SMARTS) is 1. The molecule has 0 radical (unpaired) electrons. The lowest BCUT2D eigenvalue weighted by Crippen LogP contribution is -2.60. The van der Waals surface area contributed by atoms with E-state index in [1.54, 1.807) is 6.92 Å². The Labute approximate surface area is 202 Å². The average molecular weight is 485 g/mol. The first-order chi connectivity index (χ1) is 16.4. The summed E-state index contributed by atoms with van der Waals surface area (Å²) >= 11 is 1.49. The van der Waals surface area contributed by atoms with Crippen LogP contribution in [-0.2, 0) is 19.1 Å². The number of ether oxygens (including phenoxy) is 2. The van der Waals surface area contributed by atoms with E-state index >= 15 is 0 Å². The van der Waals surface area contributed by atoms with Crippen LogP contribution in [0.4, 0.5) is 4.79 Å². The second-order valence-corrected chi connectivity index (χ2v) is 9.50. The topological polar surface area (TPSA) is 105 Å². The minimum atomic E-state index is -1.06. The van der Waals surface area contributed by atoms with Crippen molar-refractivity contribution in [1.82, 2.24) is 10.2 Å². The smallest absolute Gasteiger partial charge is 0.407 e. The molecular formula is C25H28N2O6S. The summed E-state index contributed by atoms with van der Waals surface area (Å²) in [7, 11) is 1.44. The third-order valence-corrected chi connectivity index (χ3v) is 7.44. The van der Waals surface area contributed by atoms with Crippen molar-refractivity contribution < 1.29 is 29.0 Å². The molecule has 0 bridgehead atoms. The fourth-order valence-electron chi connectivity index (χ4n) is 4.53. The molecule has 1 unspecified atom stereocenters. The van der Waals surface area contributed by atoms with Crippen LogP contribution < -0.4 is 5.32 Å². The van der Waals surface area contributed by atoms with Gasteiger partial charge in [-0.05, 0) is 29.2 Å². The molecule has 2 aliphatic rings. The number of carbonyl (C=O) groups excluding carboxylic acids is 2. The summed E-state index contributed by atoms with van der Waals surface area (Å²) in [6, 6.07) is 14.0. The third-order valence-electron chi connectivity index (χ3n) is 6.42. The lowest BCUT2D eigenvalue weighted by Gasteiger charge is -2.36. The second kappa shape index (κ2) is 10.5. The Morgan fingerprint density at radius 1 is 1.12 bits per heavy atom. The largest absolute Gasteiger partial charge is 0.480 e. The Hall–Kier alpha value is -3.04. The van der Waals surface area contributed by atoms with Gasteiger partial charge >= 0.3 is 12.1 Å². The zero-order chi connectivity index (χ0) is 24.2. The monoisotopic (exact) mass is 484 g/mol. The first-order valence-corrected chi connectivity index (χ1v) is 12.3. The minimum Gasteiger partial charge on any atom is -0.480 e. The zero-order valence-corrected chi connectivity index (χ0v) is 19.9. The summed E-state index contributed by atoms with van der Waals surface area (Å²) in [5.41, 5.74) is 4.42. The minimum absolute atomic E-state index is 0.109. The molecule has 2 N–H and O–H groups in total. The number of rotatable bonds is 7. The van der Waals surface area contributed by atoms with Gasteiger partial charge in [-0.25, -0.2) is 9.59 Å². The van der Waals surface area contributed by atoms with Crippen molar-refractivity contribution in [1.29, 1.82) is 0 Å². The van der Waals surface area contributed by atoms with Crippen LogP contribution in [0.3, 0.4) is 0 Å². The molecule has 1 fully saturated rings. The molecule has 2 aromatic rings. The molecule has 1 saturated heterocycles. The maximum atomic E-state index is 13.2. The van der Waals surface area contributed by atoms with Crippen LogP contribution in [0.25, 0.3) is 11.1 Å². The van der Waals surface area contributed by atoms with E-state index in [0.29, 0.717) is 18.1 Å². The summed E-state index contributed by atoms with van der Waals surface area (Å²) in [6.07, 6.45) is -1.42. The van der Waals surface area contributed by atoms with E-state index in [4.69, 9.17) is 9.47 Å². The van der Waals surface area contributed by atoms with E-state index < -0.39 is 36.2 Å². The number of aliphatic carboxylic acids is 1. The first-order valence-electron chi connectivity index (χ1n) is 11.2. The lowest BCUT2D eigenvalue weighted by molar-refractivity contribution is -0.151. The molecule has 0 aromatic heterocycles. The quantitative estimate of drug-likeness (QED) is 0.623. The number of thioether (sulfide) groups is 1. The number of carbonyl (C=O) groups is 3. The number of methoxy groups -OCH3 is 1. The van der Waals surface area contributed by atoms with Crippen molar-refractivity contribution in [3.8, 4) is 11.1 Å². The van der Waals surface area contributed by atoms with Crippen LogP contribution in [0, 0.1) is 0 Å². The summed E-state index contributed by atoms with van der Waals surface area (Å²) in [5, 5.41) is 12.2. The molecule has 1 aliphatic carbocycles. The van der Waals surface area contributed by atoms with E-state index in [2.05, 4.69) is 17.4 Å². The van der Waals surface area contributed by atoms with Crippen LogP contribution >= 0.6 is 11.8 Å². The van der Waals surface area contributed by atoms with Crippen LogP contribution in [0.15, 0.2) is 48.5 Å². The van der Waals surface area contributed by atoms with Crippen molar-refractivity contribution >= 4 is 29.7 Å². The maximum Gasteiger partial charge on any atom is 0.407 e. The number of amides is 2. The number of carboxylic acids is 1. The van der Waals surface area contributed by atoms with Crippen LogP contribution in [-0.4, -0.2) is 77.9 Å². The van der Waals surface area contributed by atoms with Gasteiger partial charge in [0.2, 0.25) is 5.91 Å². The molecular weight excluding hydrogens is 456 g/mol. The van der Waals surface area contributed by atoms with Gasteiger partial charge in [-0.3, -0.25) is 4.79 Å². The van der Waals surface area contributed by atoms with Gasteiger partial charge in [0.1, 0.15) is 18.7 Å². The highest BCUT2D eigenvalue weighted by Crippen LogP contribution is 2.44.